The van der Waals surface area contributed by atoms with Crippen molar-refractivity contribution in [2.24, 2.45) is 0 Å². The SMILES string of the molecule is Cc1cc(C)c(C#N)c(N2CC(n3c(C4CC4)nc4ccccc43)C2)n1. The Morgan fingerprint density at radius 2 is 1.88 bits per heavy atom. The number of imidazole rings is 1. The first-order valence-electron chi connectivity index (χ1n) is 9.26. The minimum atomic E-state index is 0.396. The Morgan fingerprint density at radius 3 is 2.62 bits per heavy atom. The smallest absolute Gasteiger partial charge is 0.147 e. The highest BCUT2D eigenvalue weighted by atomic mass is 15.3. The van der Waals surface area contributed by atoms with Gasteiger partial charge in [0.15, 0.2) is 0 Å². The maximum absolute atomic E-state index is 9.54. The number of pyridine rings is 1. The highest BCUT2D eigenvalue weighted by Gasteiger charge is 2.37. The van der Waals surface area contributed by atoms with Crippen molar-refractivity contribution in [1.82, 2.24) is 14.5 Å². The van der Waals surface area contributed by atoms with Gasteiger partial charge in [-0.15, -0.1) is 0 Å². The van der Waals surface area contributed by atoms with E-state index in [1.807, 2.05) is 19.9 Å². The summed E-state index contributed by atoms with van der Waals surface area (Å²) >= 11 is 0. The summed E-state index contributed by atoms with van der Waals surface area (Å²) in [4.78, 5) is 11.8. The summed E-state index contributed by atoms with van der Waals surface area (Å²) in [5.74, 6) is 2.69. The zero-order valence-corrected chi connectivity index (χ0v) is 15.1. The van der Waals surface area contributed by atoms with Gasteiger partial charge >= 0.3 is 0 Å². The molecule has 0 atom stereocenters. The maximum Gasteiger partial charge on any atom is 0.147 e. The Morgan fingerprint density at radius 1 is 1.12 bits per heavy atom. The fourth-order valence-corrected chi connectivity index (χ4v) is 4.05. The number of aryl methyl sites for hydroxylation is 2. The molecule has 0 bridgehead atoms. The number of anilines is 1. The minimum Gasteiger partial charge on any atom is -0.351 e. The molecule has 1 aromatic carbocycles. The quantitative estimate of drug-likeness (QED) is 0.724. The fraction of sp³-hybridized carbons (Fsp3) is 0.381. The van der Waals surface area contributed by atoms with Crippen molar-refractivity contribution >= 4 is 16.9 Å². The second-order valence-corrected chi connectivity index (χ2v) is 7.55. The van der Waals surface area contributed by atoms with Crippen molar-refractivity contribution in [2.45, 2.75) is 38.6 Å². The van der Waals surface area contributed by atoms with Crippen LogP contribution in [0, 0.1) is 25.2 Å². The van der Waals surface area contributed by atoms with Crippen LogP contribution in [0.3, 0.4) is 0 Å². The van der Waals surface area contributed by atoms with Crippen molar-refractivity contribution in [3.05, 3.63) is 53.0 Å². The molecular weight excluding hydrogens is 322 g/mol. The Bertz CT molecular complexity index is 1050. The monoisotopic (exact) mass is 343 g/mol. The molecule has 5 heteroatoms. The van der Waals surface area contributed by atoms with Gasteiger partial charge in [-0.25, -0.2) is 9.97 Å². The molecule has 26 heavy (non-hydrogen) atoms. The molecule has 0 unspecified atom stereocenters. The summed E-state index contributed by atoms with van der Waals surface area (Å²) in [6.45, 7) is 5.74. The van der Waals surface area contributed by atoms with Gasteiger partial charge in [-0.3, -0.25) is 0 Å². The van der Waals surface area contributed by atoms with Crippen molar-refractivity contribution in [3.8, 4) is 6.07 Å². The van der Waals surface area contributed by atoms with Gasteiger partial charge in [0.1, 0.15) is 17.7 Å². The van der Waals surface area contributed by atoms with Crippen LogP contribution in [-0.2, 0) is 0 Å². The average Bonchev–Trinajstić information content (AvgIpc) is 3.35. The zero-order valence-electron chi connectivity index (χ0n) is 15.1. The number of benzene rings is 1. The number of hydrogen-bond donors (Lipinski definition) is 0. The van der Waals surface area contributed by atoms with Gasteiger partial charge in [-0.1, -0.05) is 12.1 Å². The predicted octanol–water partition coefficient (Wildman–Crippen LogP) is 3.86. The number of aromatic nitrogens is 3. The van der Waals surface area contributed by atoms with Crippen LogP contribution in [0.4, 0.5) is 5.82 Å². The molecule has 130 valence electrons. The molecule has 2 fully saturated rings. The lowest BCUT2D eigenvalue weighted by Crippen LogP contribution is -2.49. The highest BCUT2D eigenvalue weighted by Crippen LogP contribution is 2.43. The summed E-state index contributed by atoms with van der Waals surface area (Å²) < 4.78 is 2.44. The Hall–Kier alpha value is -2.87. The van der Waals surface area contributed by atoms with Crippen LogP contribution in [-0.4, -0.2) is 27.6 Å². The fourth-order valence-electron chi connectivity index (χ4n) is 4.05. The lowest BCUT2D eigenvalue weighted by Gasteiger charge is -2.42. The minimum absolute atomic E-state index is 0.396. The molecule has 2 aliphatic rings. The number of nitriles is 1. The Kier molecular flexibility index (Phi) is 3.30. The largest absolute Gasteiger partial charge is 0.351 e. The number of rotatable bonds is 3. The third-order valence-electron chi connectivity index (χ3n) is 5.53. The Balaban J connectivity index is 1.49. The van der Waals surface area contributed by atoms with Crippen molar-refractivity contribution in [1.29, 1.82) is 5.26 Å². The number of hydrogen-bond acceptors (Lipinski definition) is 4. The number of nitrogens with zero attached hydrogens (tertiary/aromatic N) is 5. The molecule has 0 radical (unpaired) electrons. The lowest BCUT2D eigenvalue weighted by atomic mass is 10.0. The molecule has 3 heterocycles. The van der Waals surface area contributed by atoms with E-state index >= 15 is 0 Å². The molecule has 1 aliphatic carbocycles. The maximum atomic E-state index is 9.54. The first kappa shape index (κ1) is 15.4. The van der Waals surface area contributed by atoms with E-state index in [1.54, 1.807) is 0 Å². The van der Waals surface area contributed by atoms with E-state index < -0.39 is 0 Å². The Labute approximate surface area is 152 Å². The molecule has 3 aromatic rings. The summed E-state index contributed by atoms with van der Waals surface area (Å²) in [6, 6.07) is 13.1. The topological polar surface area (TPSA) is 57.7 Å². The van der Waals surface area contributed by atoms with Crippen LogP contribution < -0.4 is 4.90 Å². The van der Waals surface area contributed by atoms with Crippen molar-refractivity contribution in [2.75, 3.05) is 18.0 Å². The van der Waals surface area contributed by atoms with Crippen LogP contribution in [0.5, 0.6) is 0 Å². The normalized spacial score (nSPS) is 17.3. The first-order valence-corrected chi connectivity index (χ1v) is 9.26. The van der Waals surface area contributed by atoms with Gasteiger partial charge < -0.3 is 9.47 Å². The van der Waals surface area contributed by atoms with E-state index in [0.29, 0.717) is 17.5 Å². The van der Waals surface area contributed by atoms with E-state index in [-0.39, 0.29) is 0 Å². The molecule has 5 nitrogen and oxygen atoms in total. The van der Waals surface area contributed by atoms with E-state index in [0.717, 1.165) is 35.7 Å². The molecule has 1 saturated heterocycles. The van der Waals surface area contributed by atoms with E-state index in [2.05, 4.69) is 44.8 Å². The van der Waals surface area contributed by atoms with E-state index in [1.165, 1.54) is 24.2 Å². The lowest BCUT2D eigenvalue weighted by molar-refractivity contribution is 0.394. The van der Waals surface area contributed by atoms with Gasteiger partial charge in [-0.05, 0) is 50.5 Å². The van der Waals surface area contributed by atoms with Gasteiger partial charge in [-0.2, -0.15) is 5.26 Å². The molecular formula is C21H21N5. The van der Waals surface area contributed by atoms with E-state index in [9.17, 15) is 5.26 Å². The zero-order chi connectivity index (χ0) is 17.8. The van der Waals surface area contributed by atoms with Crippen LogP contribution in [0.2, 0.25) is 0 Å². The molecule has 5 rings (SSSR count). The predicted molar refractivity (Wildman–Crippen MR) is 101 cm³/mol. The van der Waals surface area contributed by atoms with Crippen LogP contribution in [0.1, 0.15) is 47.4 Å². The molecule has 2 aromatic heterocycles. The summed E-state index contributed by atoms with van der Waals surface area (Å²) in [6.07, 6.45) is 2.49. The summed E-state index contributed by atoms with van der Waals surface area (Å²) in [5.41, 5.74) is 4.99. The van der Waals surface area contributed by atoms with Crippen molar-refractivity contribution in [3.63, 3.8) is 0 Å². The first-order chi connectivity index (χ1) is 12.7. The third kappa shape index (κ3) is 2.29. The van der Waals surface area contributed by atoms with Crippen molar-refractivity contribution < 1.29 is 0 Å². The van der Waals surface area contributed by atoms with Crippen LogP contribution in [0.15, 0.2) is 30.3 Å². The van der Waals surface area contributed by atoms with Gasteiger partial charge in [0.25, 0.3) is 0 Å². The standard InChI is InChI=1S/C21H21N5/c1-13-9-14(2)23-21(17(13)10-22)25-11-16(12-25)26-19-6-4-3-5-18(19)24-20(26)15-7-8-15/h3-6,9,15-16H,7-8,11-12H2,1-2H3. The summed E-state index contributed by atoms with van der Waals surface area (Å²) in [5, 5.41) is 9.54. The van der Waals surface area contributed by atoms with E-state index in [4.69, 9.17) is 4.98 Å². The van der Waals surface area contributed by atoms with Crippen LogP contribution in [0.25, 0.3) is 11.0 Å². The van der Waals surface area contributed by atoms with Gasteiger partial charge in [0, 0.05) is 24.7 Å². The van der Waals surface area contributed by atoms with Gasteiger partial charge in [0.2, 0.25) is 0 Å². The number of fused-ring (bicyclic) bond motifs is 1. The highest BCUT2D eigenvalue weighted by molar-refractivity contribution is 5.76. The molecule has 0 N–H and O–H groups in total. The second kappa shape index (κ2) is 5.57. The second-order valence-electron chi connectivity index (χ2n) is 7.55. The third-order valence-corrected chi connectivity index (χ3v) is 5.53. The average molecular weight is 343 g/mol. The van der Waals surface area contributed by atoms with Gasteiger partial charge in [0.05, 0.1) is 22.6 Å². The molecule has 1 aliphatic heterocycles. The summed E-state index contributed by atoms with van der Waals surface area (Å²) in [7, 11) is 0. The molecule has 0 amide bonds. The van der Waals surface area contributed by atoms with Crippen LogP contribution >= 0.6 is 0 Å². The molecule has 0 spiro atoms. The molecule has 1 saturated carbocycles. The number of para-hydroxylation sites is 2.